The van der Waals surface area contributed by atoms with Gasteiger partial charge in [-0.05, 0) is 54.7 Å². The van der Waals surface area contributed by atoms with Gasteiger partial charge in [-0.3, -0.25) is 4.79 Å². The number of oxime groups is 1. The third kappa shape index (κ3) is 4.71. The molecule has 0 saturated heterocycles. The fraction of sp³-hybridized carbons (Fsp3) is 0.300. The van der Waals surface area contributed by atoms with Crippen LogP contribution >= 0.6 is 11.6 Å². The minimum atomic E-state index is -0.268. The number of carbonyl (C=O) groups excluding carboxylic acids is 1. The number of fused-ring (bicyclic) bond motifs is 1. The average Bonchev–Trinajstić information content (AvgIpc) is 3.12. The smallest absolute Gasteiger partial charge is 0.265 e. The van der Waals surface area contributed by atoms with Gasteiger partial charge in [0.15, 0.2) is 18.1 Å². The number of carbonyl (C=O) groups is 1. The third-order valence-electron chi connectivity index (χ3n) is 4.31. The number of nitrogens with zero attached hydrogens (tertiary/aromatic N) is 1. The van der Waals surface area contributed by atoms with Crippen LogP contribution in [0.4, 0.5) is 5.69 Å². The van der Waals surface area contributed by atoms with Crippen LogP contribution in [0.15, 0.2) is 35.5 Å². The molecule has 1 aliphatic rings. The summed E-state index contributed by atoms with van der Waals surface area (Å²) in [6, 6.07) is 9.38. The summed E-state index contributed by atoms with van der Waals surface area (Å²) in [5.74, 6) is 0.669. The molecule has 27 heavy (non-hydrogen) atoms. The summed E-state index contributed by atoms with van der Waals surface area (Å²) in [5, 5.41) is 7.03. The number of hydrogen-bond acceptors (Lipinski definition) is 5. The summed E-state index contributed by atoms with van der Waals surface area (Å²) in [6.45, 7) is -0.186. The molecule has 2 aromatic rings. The lowest BCUT2D eigenvalue weighted by molar-refractivity contribution is -0.120. The van der Waals surface area contributed by atoms with Crippen LogP contribution in [0.5, 0.6) is 11.5 Å². The number of amides is 1. The van der Waals surface area contributed by atoms with E-state index in [0.29, 0.717) is 22.1 Å². The van der Waals surface area contributed by atoms with E-state index >= 15 is 0 Å². The lowest BCUT2D eigenvalue weighted by Crippen LogP contribution is -2.17. The van der Waals surface area contributed by atoms with E-state index in [9.17, 15) is 4.79 Å². The van der Waals surface area contributed by atoms with Crippen LogP contribution in [-0.2, 0) is 22.5 Å². The highest BCUT2D eigenvalue weighted by Crippen LogP contribution is 2.35. The summed E-state index contributed by atoms with van der Waals surface area (Å²) >= 11 is 6.14. The molecule has 1 N–H and O–H groups in total. The zero-order chi connectivity index (χ0) is 19.2. The molecule has 7 heteroatoms. The highest BCUT2D eigenvalue weighted by atomic mass is 35.5. The van der Waals surface area contributed by atoms with E-state index < -0.39 is 0 Å². The van der Waals surface area contributed by atoms with Crippen molar-refractivity contribution in [1.29, 1.82) is 0 Å². The minimum Gasteiger partial charge on any atom is -0.493 e. The normalized spacial score (nSPS) is 12.7. The van der Waals surface area contributed by atoms with Gasteiger partial charge in [0, 0.05) is 11.3 Å². The van der Waals surface area contributed by atoms with E-state index in [-0.39, 0.29) is 12.5 Å². The Balaban J connectivity index is 1.53. The van der Waals surface area contributed by atoms with Crippen molar-refractivity contribution in [2.75, 3.05) is 26.1 Å². The molecule has 3 rings (SSSR count). The van der Waals surface area contributed by atoms with Gasteiger partial charge in [0.1, 0.15) is 0 Å². The molecule has 0 saturated carbocycles. The fourth-order valence-electron chi connectivity index (χ4n) is 3.05. The molecule has 0 spiro atoms. The second-order valence-electron chi connectivity index (χ2n) is 6.13. The Morgan fingerprint density at radius 1 is 1.19 bits per heavy atom. The largest absolute Gasteiger partial charge is 0.493 e. The highest BCUT2D eigenvalue weighted by Gasteiger charge is 2.12. The molecule has 6 nitrogen and oxygen atoms in total. The number of aryl methyl sites for hydroxylation is 2. The SMILES string of the molecule is COc1cc(/C=N\OCC(=O)Nc2ccc3c(c2)CCC3)cc(Cl)c1OC. The van der Waals surface area contributed by atoms with Gasteiger partial charge in [-0.25, -0.2) is 0 Å². The standard InChI is InChI=1S/C20H21ClN2O4/c1-25-18-9-13(8-17(21)20(18)26-2)11-22-27-12-19(24)23-16-7-6-14-4-3-5-15(14)10-16/h6-11H,3-5,12H2,1-2H3,(H,23,24)/b22-11-. The number of nitrogens with one attached hydrogen (secondary N) is 1. The van der Waals surface area contributed by atoms with E-state index in [1.54, 1.807) is 12.1 Å². The maximum absolute atomic E-state index is 12.0. The van der Waals surface area contributed by atoms with Crippen molar-refractivity contribution in [3.63, 3.8) is 0 Å². The van der Waals surface area contributed by atoms with Crippen molar-refractivity contribution >= 4 is 29.4 Å². The third-order valence-corrected chi connectivity index (χ3v) is 4.59. The Morgan fingerprint density at radius 2 is 2.00 bits per heavy atom. The van der Waals surface area contributed by atoms with E-state index in [1.165, 1.54) is 38.0 Å². The molecule has 0 radical (unpaired) electrons. The first-order valence-electron chi connectivity index (χ1n) is 8.59. The van der Waals surface area contributed by atoms with Gasteiger partial charge in [-0.2, -0.15) is 0 Å². The number of halogens is 1. The molecular weight excluding hydrogens is 368 g/mol. The second kappa shape index (κ2) is 8.77. The van der Waals surface area contributed by atoms with Crippen LogP contribution in [0.2, 0.25) is 5.02 Å². The van der Waals surface area contributed by atoms with Crippen molar-refractivity contribution < 1.29 is 19.1 Å². The van der Waals surface area contributed by atoms with E-state index in [0.717, 1.165) is 18.5 Å². The van der Waals surface area contributed by atoms with Gasteiger partial charge in [0.25, 0.3) is 5.91 Å². The van der Waals surface area contributed by atoms with E-state index in [2.05, 4.69) is 16.5 Å². The molecule has 0 atom stereocenters. The van der Waals surface area contributed by atoms with Crippen molar-refractivity contribution in [3.05, 3.63) is 52.0 Å². The molecular formula is C20H21ClN2O4. The predicted octanol–water partition coefficient (Wildman–Crippen LogP) is 3.84. The van der Waals surface area contributed by atoms with Crippen LogP contribution in [0, 0.1) is 0 Å². The molecule has 2 aromatic carbocycles. The quantitative estimate of drug-likeness (QED) is 0.578. The average molecular weight is 389 g/mol. The first-order valence-corrected chi connectivity index (χ1v) is 8.97. The van der Waals surface area contributed by atoms with E-state index in [1.807, 2.05) is 12.1 Å². The van der Waals surface area contributed by atoms with Crippen LogP contribution < -0.4 is 14.8 Å². The number of benzene rings is 2. The van der Waals surface area contributed by atoms with Crippen LogP contribution in [0.1, 0.15) is 23.1 Å². The predicted molar refractivity (Wildman–Crippen MR) is 105 cm³/mol. The molecule has 0 aliphatic heterocycles. The summed E-state index contributed by atoms with van der Waals surface area (Å²) in [6.07, 6.45) is 4.80. The Kier molecular flexibility index (Phi) is 6.19. The summed E-state index contributed by atoms with van der Waals surface area (Å²) in [5.41, 5.74) is 4.11. The summed E-state index contributed by atoms with van der Waals surface area (Å²) in [4.78, 5) is 17.1. The topological polar surface area (TPSA) is 69.2 Å². The maximum Gasteiger partial charge on any atom is 0.265 e. The number of rotatable bonds is 7. The Morgan fingerprint density at radius 3 is 2.78 bits per heavy atom. The number of ether oxygens (including phenoxy) is 2. The number of methoxy groups -OCH3 is 2. The monoisotopic (exact) mass is 388 g/mol. The van der Waals surface area contributed by atoms with Crippen LogP contribution in [0.3, 0.4) is 0 Å². The van der Waals surface area contributed by atoms with Gasteiger partial charge in [-0.15, -0.1) is 0 Å². The molecule has 142 valence electrons. The van der Waals surface area contributed by atoms with Gasteiger partial charge in [0.2, 0.25) is 0 Å². The van der Waals surface area contributed by atoms with Gasteiger partial charge < -0.3 is 19.6 Å². The first kappa shape index (κ1) is 19.0. The Hall–Kier alpha value is -2.73. The minimum absolute atomic E-state index is 0.186. The van der Waals surface area contributed by atoms with Crippen molar-refractivity contribution in [2.45, 2.75) is 19.3 Å². The molecule has 0 aromatic heterocycles. The number of hydrogen-bond donors (Lipinski definition) is 1. The van der Waals surface area contributed by atoms with Gasteiger partial charge >= 0.3 is 0 Å². The fourth-order valence-corrected chi connectivity index (χ4v) is 3.35. The Labute approximate surface area is 163 Å². The summed E-state index contributed by atoms with van der Waals surface area (Å²) < 4.78 is 10.4. The Bertz CT molecular complexity index is 867. The van der Waals surface area contributed by atoms with Gasteiger partial charge in [0.05, 0.1) is 25.5 Å². The molecule has 0 bridgehead atoms. The number of anilines is 1. The van der Waals surface area contributed by atoms with Crippen LogP contribution in [0.25, 0.3) is 0 Å². The van der Waals surface area contributed by atoms with Crippen molar-refractivity contribution in [1.82, 2.24) is 0 Å². The zero-order valence-corrected chi connectivity index (χ0v) is 16.0. The second-order valence-corrected chi connectivity index (χ2v) is 6.54. The van der Waals surface area contributed by atoms with E-state index in [4.69, 9.17) is 25.9 Å². The maximum atomic E-state index is 12.0. The molecule has 0 heterocycles. The van der Waals surface area contributed by atoms with Crippen molar-refractivity contribution in [3.8, 4) is 11.5 Å². The lowest BCUT2D eigenvalue weighted by Gasteiger charge is -2.09. The molecule has 0 unspecified atom stereocenters. The van der Waals surface area contributed by atoms with Crippen molar-refractivity contribution in [2.24, 2.45) is 5.16 Å². The molecule has 1 aliphatic carbocycles. The summed E-state index contributed by atoms with van der Waals surface area (Å²) in [7, 11) is 3.04. The van der Waals surface area contributed by atoms with Gasteiger partial charge in [-0.1, -0.05) is 22.8 Å². The van der Waals surface area contributed by atoms with Crippen LogP contribution in [-0.4, -0.2) is 32.9 Å². The first-order chi connectivity index (χ1) is 13.1. The highest BCUT2D eigenvalue weighted by molar-refractivity contribution is 6.32. The zero-order valence-electron chi connectivity index (χ0n) is 15.3. The molecule has 1 amide bonds. The molecule has 0 fully saturated rings. The lowest BCUT2D eigenvalue weighted by atomic mass is 10.1.